The van der Waals surface area contributed by atoms with E-state index in [0.717, 1.165) is 19.3 Å². The van der Waals surface area contributed by atoms with E-state index in [-0.39, 0.29) is 11.4 Å². The van der Waals surface area contributed by atoms with Crippen molar-refractivity contribution in [1.29, 1.82) is 0 Å². The molecule has 5 heteroatoms. The molecule has 0 bridgehead atoms. The minimum absolute atomic E-state index is 0.0160. The zero-order chi connectivity index (χ0) is 17.6. The number of fused-ring (bicyclic) bond motifs is 1. The first-order valence-corrected chi connectivity index (χ1v) is 9.55. The van der Waals surface area contributed by atoms with Gasteiger partial charge in [0.2, 0.25) is 0 Å². The lowest BCUT2D eigenvalue weighted by Gasteiger charge is -2.13. The first-order chi connectivity index (χ1) is 12.2. The molecule has 0 aliphatic rings. The predicted octanol–water partition coefficient (Wildman–Crippen LogP) is 5.02. The molecule has 3 rings (SSSR count). The molecule has 3 aromatic rings. The van der Waals surface area contributed by atoms with Crippen LogP contribution in [-0.2, 0) is 12.3 Å². The molecule has 0 saturated heterocycles. The molecule has 2 aromatic carbocycles. The van der Waals surface area contributed by atoms with Gasteiger partial charge in [0.15, 0.2) is 5.16 Å². The van der Waals surface area contributed by atoms with Gasteiger partial charge in [0.05, 0.1) is 10.9 Å². The third kappa shape index (κ3) is 4.10. The molecule has 0 spiro atoms. The number of benzene rings is 2. The molecule has 3 nitrogen and oxygen atoms in total. The summed E-state index contributed by atoms with van der Waals surface area (Å²) in [6.07, 6.45) is 3.09. The van der Waals surface area contributed by atoms with Gasteiger partial charge in [-0.15, -0.1) is 0 Å². The molecule has 25 heavy (non-hydrogen) atoms. The van der Waals surface area contributed by atoms with Crippen molar-refractivity contribution in [3.8, 4) is 0 Å². The van der Waals surface area contributed by atoms with E-state index in [2.05, 4.69) is 11.9 Å². The van der Waals surface area contributed by atoms with Gasteiger partial charge in [0.1, 0.15) is 5.82 Å². The lowest BCUT2D eigenvalue weighted by Crippen LogP contribution is -2.23. The van der Waals surface area contributed by atoms with Gasteiger partial charge >= 0.3 is 0 Å². The smallest absolute Gasteiger partial charge is 0.262 e. The SMILES string of the molecule is CCCCCn1c(SCc2ccccc2F)nc2ccccc2c1=O. The van der Waals surface area contributed by atoms with E-state index in [0.29, 0.717) is 33.9 Å². The Morgan fingerprint density at radius 1 is 1.08 bits per heavy atom. The summed E-state index contributed by atoms with van der Waals surface area (Å²) in [7, 11) is 0. The van der Waals surface area contributed by atoms with Crippen LogP contribution in [0.15, 0.2) is 58.5 Å². The van der Waals surface area contributed by atoms with Crippen LogP contribution in [-0.4, -0.2) is 9.55 Å². The number of hydrogen-bond donors (Lipinski definition) is 0. The second-order valence-corrected chi connectivity index (χ2v) is 6.90. The van der Waals surface area contributed by atoms with Crippen LogP contribution in [0.5, 0.6) is 0 Å². The van der Waals surface area contributed by atoms with Gasteiger partial charge in [-0.05, 0) is 30.2 Å². The normalized spacial score (nSPS) is 11.1. The quantitative estimate of drug-likeness (QED) is 0.339. The maximum atomic E-state index is 13.9. The second-order valence-electron chi connectivity index (χ2n) is 5.96. The van der Waals surface area contributed by atoms with Gasteiger partial charge in [0.25, 0.3) is 5.56 Å². The van der Waals surface area contributed by atoms with Crippen LogP contribution in [0, 0.1) is 5.82 Å². The van der Waals surface area contributed by atoms with Crippen molar-refractivity contribution >= 4 is 22.7 Å². The van der Waals surface area contributed by atoms with Crippen LogP contribution >= 0.6 is 11.8 Å². The van der Waals surface area contributed by atoms with Gasteiger partial charge in [-0.2, -0.15) is 0 Å². The van der Waals surface area contributed by atoms with Gasteiger partial charge in [-0.1, -0.05) is 61.9 Å². The first-order valence-electron chi connectivity index (χ1n) is 8.56. The third-order valence-corrected chi connectivity index (χ3v) is 5.15. The van der Waals surface area contributed by atoms with Crippen molar-refractivity contribution < 1.29 is 4.39 Å². The Balaban J connectivity index is 1.95. The molecular weight excluding hydrogens is 335 g/mol. The van der Waals surface area contributed by atoms with E-state index in [1.165, 1.54) is 17.8 Å². The van der Waals surface area contributed by atoms with Gasteiger partial charge in [-0.25, -0.2) is 9.37 Å². The summed E-state index contributed by atoms with van der Waals surface area (Å²) in [6, 6.07) is 14.1. The van der Waals surface area contributed by atoms with E-state index < -0.39 is 0 Å². The Morgan fingerprint density at radius 2 is 1.84 bits per heavy atom. The highest BCUT2D eigenvalue weighted by Gasteiger charge is 2.12. The number of halogens is 1. The van der Waals surface area contributed by atoms with Crippen LogP contribution in [0.1, 0.15) is 31.7 Å². The lowest BCUT2D eigenvalue weighted by atomic mass is 10.2. The Morgan fingerprint density at radius 3 is 2.64 bits per heavy atom. The largest absolute Gasteiger partial charge is 0.287 e. The average Bonchev–Trinajstić information content (AvgIpc) is 2.63. The molecule has 0 fully saturated rings. The Hall–Kier alpha value is -2.14. The molecule has 1 aromatic heterocycles. The number of hydrogen-bond acceptors (Lipinski definition) is 3. The van der Waals surface area contributed by atoms with Crippen molar-refractivity contribution in [2.75, 3.05) is 0 Å². The molecule has 0 amide bonds. The molecule has 0 unspecified atom stereocenters. The molecule has 0 saturated carbocycles. The fourth-order valence-electron chi connectivity index (χ4n) is 2.73. The summed E-state index contributed by atoms with van der Waals surface area (Å²) in [6.45, 7) is 2.78. The van der Waals surface area contributed by atoms with Crippen molar-refractivity contribution in [3.05, 3.63) is 70.3 Å². The minimum atomic E-state index is -0.226. The van der Waals surface area contributed by atoms with Crippen molar-refractivity contribution in [1.82, 2.24) is 9.55 Å². The van der Waals surface area contributed by atoms with E-state index >= 15 is 0 Å². The van der Waals surface area contributed by atoms with Crippen molar-refractivity contribution in [2.24, 2.45) is 0 Å². The summed E-state index contributed by atoms with van der Waals surface area (Å²) in [5.74, 6) is 0.223. The lowest BCUT2D eigenvalue weighted by molar-refractivity contribution is 0.541. The highest BCUT2D eigenvalue weighted by atomic mass is 32.2. The van der Waals surface area contributed by atoms with Gasteiger partial charge in [0, 0.05) is 12.3 Å². The van der Waals surface area contributed by atoms with E-state index in [9.17, 15) is 9.18 Å². The third-order valence-electron chi connectivity index (χ3n) is 4.13. The van der Waals surface area contributed by atoms with Crippen LogP contribution in [0.4, 0.5) is 4.39 Å². The van der Waals surface area contributed by atoms with Gasteiger partial charge in [-0.3, -0.25) is 9.36 Å². The van der Waals surface area contributed by atoms with Crippen LogP contribution in [0.25, 0.3) is 10.9 Å². The summed E-state index contributed by atoms with van der Waals surface area (Å²) < 4.78 is 15.6. The zero-order valence-electron chi connectivity index (χ0n) is 14.2. The number of nitrogens with zero attached hydrogens (tertiary/aromatic N) is 2. The van der Waals surface area contributed by atoms with Crippen LogP contribution < -0.4 is 5.56 Å². The molecule has 0 radical (unpaired) electrons. The van der Waals surface area contributed by atoms with Crippen molar-refractivity contribution in [3.63, 3.8) is 0 Å². The number of aromatic nitrogens is 2. The number of unbranched alkanes of at least 4 members (excludes halogenated alkanes) is 2. The first kappa shape index (κ1) is 17.7. The Bertz CT molecular complexity index is 923. The highest BCUT2D eigenvalue weighted by Crippen LogP contribution is 2.23. The Labute approximate surface area is 150 Å². The van der Waals surface area contributed by atoms with E-state index in [4.69, 9.17) is 0 Å². The standard InChI is InChI=1S/C20H21FN2OS/c1-2-3-8-13-23-19(24)16-10-5-7-12-18(16)22-20(23)25-14-15-9-4-6-11-17(15)21/h4-7,9-12H,2-3,8,13-14H2,1H3. The molecule has 0 aliphatic carbocycles. The minimum Gasteiger partial charge on any atom is -0.287 e. The highest BCUT2D eigenvalue weighted by molar-refractivity contribution is 7.98. The molecule has 0 atom stereocenters. The summed E-state index contributed by atoms with van der Waals surface area (Å²) in [5, 5.41) is 1.29. The number of rotatable bonds is 7. The topological polar surface area (TPSA) is 34.9 Å². The molecule has 0 N–H and O–H groups in total. The fraction of sp³-hybridized carbons (Fsp3) is 0.300. The van der Waals surface area contributed by atoms with E-state index in [1.54, 1.807) is 16.7 Å². The number of para-hydroxylation sites is 1. The zero-order valence-corrected chi connectivity index (χ0v) is 15.1. The number of thioether (sulfide) groups is 1. The molecule has 0 aliphatic heterocycles. The second kappa shape index (κ2) is 8.30. The maximum absolute atomic E-state index is 13.9. The predicted molar refractivity (Wildman–Crippen MR) is 101 cm³/mol. The summed E-state index contributed by atoms with van der Waals surface area (Å²) >= 11 is 1.41. The maximum Gasteiger partial charge on any atom is 0.262 e. The van der Waals surface area contributed by atoms with Crippen LogP contribution in [0.3, 0.4) is 0 Å². The van der Waals surface area contributed by atoms with E-state index in [1.807, 2.05) is 30.3 Å². The van der Waals surface area contributed by atoms with Gasteiger partial charge < -0.3 is 0 Å². The summed E-state index contributed by atoms with van der Waals surface area (Å²) in [4.78, 5) is 17.5. The fourth-order valence-corrected chi connectivity index (χ4v) is 3.74. The Kier molecular flexibility index (Phi) is 5.87. The van der Waals surface area contributed by atoms with Crippen molar-refractivity contribution in [2.45, 2.75) is 43.6 Å². The summed E-state index contributed by atoms with van der Waals surface area (Å²) in [5.41, 5.74) is 1.29. The molecular formula is C20H21FN2OS. The monoisotopic (exact) mass is 356 g/mol. The molecule has 1 heterocycles. The van der Waals surface area contributed by atoms with Crippen LogP contribution in [0.2, 0.25) is 0 Å². The molecule has 130 valence electrons. The average molecular weight is 356 g/mol.